The lowest BCUT2D eigenvalue weighted by Crippen LogP contribution is -2.36. The van der Waals surface area contributed by atoms with Crippen molar-refractivity contribution in [3.63, 3.8) is 0 Å². The van der Waals surface area contributed by atoms with Crippen LogP contribution in [-0.4, -0.2) is 29.4 Å². The number of fused-ring (bicyclic) bond motifs is 1. The molecular weight excluding hydrogens is 374 g/mol. The standard InChI is InChI=1S/C22H20ClN3O2/c1-28-21-7-6-17(12-19(21)23)25-18-8-10-24-20(13-18)22(27)26-11-9-15-4-2-3-5-16(15)14-26/h2-8,10,12-13H,9,11,14H2,1H3,(H,24,25). The summed E-state index contributed by atoms with van der Waals surface area (Å²) in [5.74, 6) is 0.550. The Bertz CT molecular complexity index is 1020. The van der Waals surface area contributed by atoms with Gasteiger partial charge in [-0.2, -0.15) is 0 Å². The Labute approximate surface area is 168 Å². The summed E-state index contributed by atoms with van der Waals surface area (Å²) >= 11 is 6.18. The number of hydrogen-bond acceptors (Lipinski definition) is 4. The molecule has 0 saturated carbocycles. The van der Waals surface area contributed by atoms with Crippen LogP contribution in [0.3, 0.4) is 0 Å². The van der Waals surface area contributed by atoms with Crippen LogP contribution in [0.15, 0.2) is 60.8 Å². The Morgan fingerprint density at radius 3 is 2.68 bits per heavy atom. The number of nitrogens with zero attached hydrogens (tertiary/aromatic N) is 2. The van der Waals surface area contributed by atoms with Crippen LogP contribution in [0, 0.1) is 0 Å². The molecule has 6 heteroatoms. The molecule has 1 aliphatic rings. The van der Waals surface area contributed by atoms with Gasteiger partial charge in [0.1, 0.15) is 11.4 Å². The minimum Gasteiger partial charge on any atom is -0.495 e. The molecule has 2 aromatic carbocycles. The van der Waals surface area contributed by atoms with Crippen molar-refractivity contribution >= 4 is 28.9 Å². The molecule has 3 aromatic rings. The van der Waals surface area contributed by atoms with Crippen LogP contribution in [-0.2, 0) is 13.0 Å². The van der Waals surface area contributed by atoms with Crippen molar-refractivity contribution in [3.8, 4) is 5.75 Å². The molecule has 1 aliphatic heterocycles. The predicted molar refractivity (Wildman–Crippen MR) is 110 cm³/mol. The van der Waals surface area contributed by atoms with Crippen LogP contribution in [0.25, 0.3) is 0 Å². The zero-order chi connectivity index (χ0) is 19.5. The van der Waals surface area contributed by atoms with Gasteiger partial charge in [0, 0.05) is 30.7 Å². The van der Waals surface area contributed by atoms with Crippen molar-refractivity contribution in [1.82, 2.24) is 9.88 Å². The monoisotopic (exact) mass is 393 g/mol. The molecule has 0 bridgehead atoms. The van der Waals surface area contributed by atoms with E-state index in [2.05, 4.69) is 22.4 Å². The first kappa shape index (κ1) is 18.3. The molecule has 28 heavy (non-hydrogen) atoms. The number of amides is 1. The lowest BCUT2D eigenvalue weighted by Gasteiger charge is -2.28. The van der Waals surface area contributed by atoms with Crippen LogP contribution in [0.4, 0.5) is 11.4 Å². The lowest BCUT2D eigenvalue weighted by atomic mass is 10.00. The minimum atomic E-state index is -0.0640. The van der Waals surface area contributed by atoms with E-state index in [0.29, 0.717) is 29.6 Å². The molecule has 1 amide bonds. The number of rotatable bonds is 4. The highest BCUT2D eigenvalue weighted by Gasteiger charge is 2.22. The second-order valence-electron chi connectivity index (χ2n) is 6.65. The molecule has 142 valence electrons. The number of ether oxygens (including phenoxy) is 1. The number of methoxy groups -OCH3 is 1. The summed E-state index contributed by atoms with van der Waals surface area (Å²) in [6, 6.07) is 17.3. The van der Waals surface area contributed by atoms with Crippen molar-refractivity contribution in [3.05, 3.63) is 82.6 Å². The van der Waals surface area contributed by atoms with E-state index in [1.807, 2.05) is 29.2 Å². The van der Waals surface area contributed by atoms with Gasteiger partial charge in [-0.1, -0.05) is 35.9 Å². The Morgan fingerprint density at radius 1 is 1.11 bits per heavy atom. The number of nitrogens with one attached hydrogen (secondary N) is 1. The van der Waals surface area contributed by atoms with Gasteiger partial charge in [-0.25, -0.2) is 0 Å². The maximum absolute atomic E-state index is 12.9. The third kappa shape index (κ3) is 3.80. The second kappa shape index (κ2) is 7.90. The molecule has 5 nitrogen and oxygen atoms in total. The van der Waals surface area contributed by atoms with Gasteiger partial charge in [0.05, 0.1) is 12.1 Å². The first-order valence-corrected chi connectivity index (χ1v) is 9.44. The maximum atomic E-state index is 12.9. The number of aromatic nitrogens is 1. The highest BCUT2D eigenvalue weighted by atomic mass is 35.5. The Kier molecular flexibility index (Phi) is 5.17. The van der Waals surface area contributed by atoms with Crippen LogP contribution >= 0.6 is 11.6 Å². The van der Waals surface area contributed by atoms with E-state index in [1.54, 1.807) is 31.5 Å². The minimum absolute atomic E-state index is 0.0640. The third-order valence-electron chi connectivity index (χ3n) is 4.84. The number of carbonyl (C=O) groups is 1. The number of halogens is 1. The van der Waals surface area contributed by atoms with Gasteiger partial charge < -0.3 is 15.0 Å². The fourth-order valence-corrected chi connectivity index (χ4v) is 3.62. The Hall–Kier alpha value is -3.05. The van der Waals surface area contributed by atoms with Gasteiger partial charge in [-0.05, 0) is 47.9 Å². The number of carbonyl (C=O) groups excluding carboxylic acids is 1. The number of benzene rings is 2. The van der Waals surface area contributed by atoms with Gasteiger partial charge in [-0.15, -0.1) is 0 Å². The third-order valence-corrected chi connectivity index (χ3v) is 5.13. The molecule has 0 fully saturated rings. The first-order valence-electron chi connectivity index (χ1n) is 9.07. The van der Waals surface area contributed by atoms with E-state index in [4.69, 9.17) is 16.3 Å². The summed E-state index contributed by atoms with van der Waals surface area (Å²) in [4.78, 5) is 19.1. The molecule has 0 radical (unpaired) electrons. The molecular formula is C22H20ClN3O2. The maximum Gasteiger partial charge on any atom is 0.272 e. The number of anilines is 2. The van der Waals surface area contributed by atoms with Crippen molar-refractivity contribution < 1.29 is 9.53 Å². The summed E-state index contributed by atoms with van der Waals surface area (Å²) in [5.41, 5.74) is 4.51. The van der Waals surface area contributed by atoms with Crippen molar-refractivity contribution in [2.75, 3.05) is 19.0 Å². The molecule has 2 heterocycles. The molecule has 0 atom stereocenters. The molecule has 0 saturated heterocycles. The number of hydrogen-bond donors (Lipinski definition) is 1. The SMILES string of the molecule is COc1ccc(Nc2ccnc(C(=O)N3CCc4ccccc4C3)c2)cc1Cl. The lowest BCUT2D eigenvalue weighted by molar-refractivity contribution is 0.0729. The van der Waals surface area contributed by atoms with E-state index < -0.39 is 0 Å². The van der Waals surface area contributed by atoms with Gasteiger partial charge in [0.15, 0.2) is 0 Å². The fourth-order valence-electron chi connectivity index (χ4n) is 3.37. The van der Waals surface area contributed by atoms with E-state index in [9.17, 15) is 4.79 Å². The summed E-state index contributed by atoms with van der Waals surface area (Å²) in [6.07, 6.45) is 2.50. The normalized spacial score (nSPS) is 13.0. The van der Waals surface area contributed by atoms with E-state index in [0.717, 1.165) is 17.8 Å². The van der Waals surface area contributed by atoms with Gasteiger partial charge in [0.25, 0.3) is 5.91 Å². The van der Waals surface area contributed by atoms with Crippen molar-refractivity contribution in [1.29, 1.82) is 0 Å². The summed E-state index contributed by atoms with van der Waals surface area (Å²) in [5, 5.41) is 3.78. The Balaban J connectivity index is 1.51. The largest absolute Gasteiger partial charge is 0.495 e. The zero-order valence-electron chi connectivity index (χ0n) is 15.5. The molecule has 0 spiro atoms. The topological polar surface area (TPSA) is 54.5 Å². The summed E-state index contributed by atoms with van der Waals surface area (Å²) in [6.45, 7) is 1.31. The molecule has 0 aliphatic carbocycles. The van der Waals surface area contributed by atoms with Crippen molar-refractivity contribution in [2.24, 2.45) is 0 Å². The zero-order valence-corrected chi connectivity index (χ0v) is 16.2. The van der Waals surface area contributed by atoms with Crippen LogP contribution in [0.5, 0.6) is 5.75 Å². The fraction of sp³-hybridized carbons (Fsp3) is 0.182. The van der Waals surface area contributed by atoms with E-state index in [1.165, 1.54) is 11.1 Å². The molecule has 0 unspecified atom stereocenters. The van der Waals surface area contributed by atoms with E-state index in [-0.39, 0.29) is 5.91 Å². The highest BCUT2D eigenvalue weighted by Crippen LogP contribution is 2.29. The quantitative estimate of drug-likeness (QED) is 0.698. The molecule has 1 aromatic heterocycles. The average Bonchev–Trinajstić information content (AvgIpc) is 2.73. The number of pyridine rings is 1. The van der Waals surface area contributed by atoms with Crippen LogP contribution < -0.4 is 10.1 Å². The summed E-state index contributed by atoms with van der Waals surface area (Å²) in [7, 11) is 1.58. The second-order valence-corrected chi connectivity index (χ2v) is 7.06. The summed E-state index contributed by atoms with van der Waals surface area (Å²) < 4.78 is 5.17. The smallest absolute Gasteiger partial charge is 0.272 e. The Morgan fingerprint density at radius 2 is 1.89 bits per heavy atom. The molecule has 4 rings (SSSR count). The van der Waals surface area contributed by atoms with Crippen molar-refractivity contribution in [2.45, 2.75) is 13.0 Å². The van der Waals surface area contributed by atoms with Gasteiger partial charge in [-0.3, -0.25) is 9.78 Å². The van der Waals surface area contributed by atoms with Gasteiger partial charge >= 0.3 is 0 Å². The average molecular weight is 394 g/mol. The highest BCUT2D eigenvalue weighted by molar-refractivity contribution is 6.32. The molecule has 1 N–H and O–H groups in total. The van der Waals surface area contributed by atoms with Crippen LogP contribution in [0.2, 0.25) is 5.02 Å². The first-order chi connectivity index (χ1) is 13.6. The van der Waals surface area contributed by atoms with Crippen LogP contribution in [0.1, 0.15) is 21.6 Å². The van der Waals surface area contributed by atoms with Gasteiger partial charge in [0.2, 0.25) is 0 Å². The van der Waals surface area contributed by atoms with E-state index >= 15 is 0 Å². The predicted octanol–water partition coefficient (Wildman–Crippen LogP) is 4.69.